The van der Waals surface area contributed by atoms with E-state index in [1.807, 2.05) is 30.3 Å². The van der Waals surface area contributed by atoms with Crippen LogP contribution in [0.3, 0.4) is 0 Å². The first kappa shape index (κ1) is 17.2. The molecule has 0 heterocycles. The molecular formula is C19H18N2O3. The molecule has 2 aromatic carbocycles. The molecule has 1 N–H and O–H groups in total. The van der Waals surface area contributed by atoms with Crippen LogP contribution in [0.5, 0.6) is 5.75 Å². The van der Waals surface area contributed by atoms with Gasteiger partial charge in [-0.25, -0.2) is 0 Å². The minimum atomic E-state index is -0.630. The van der Waals surface area contributed by atoms with E-state index in [2.05, 4.69) is 5.32 Å². The highest BCUT2D eigenvalue weighted by Crippen LogP contribution is 2.14. The minimum absolute atomic E-state index is 0.189. The normalized spacial score (nSPS) is 9.83. The molecule has 5 heteroatoms. The van der Waals surface area contributed by atoms with Crippen LogP contribution in [0, 0.1) is 11.3 Å². The van der Waals surface area contributed by atoms with Gasteiger partial charge in [-0.15, -0.1) is 0 Å². The first-order valence-corrected chi connectivity index (χ1v) is 7.59. The number of nitriles is 1. The molecule has 0 atom stereocenters. The fourth-order valence-corrected chi connectivity index (χ4v) is 2.19. The third-order valence-corrected chi connectivity index (χ3v) is 3.55. The number of anilines is 1. The van der Waals surface area contributed by atoms with Crippen LogP contribution in [0.4, 0.5) is 5.69 Å². The molecule has 0 aromatic heterocycles. The van der Waals surface area contributed by atoms with Gasteiger partial charge in [0.05, 0.1) is 18.7 Å². The molecular weight excluding hydrogens is 304 g/mol. The molecule has 0 saturated carbocycles. The summed E-state index contributed by atoms with van der Waals surface area (Å²) in [7, 11) is 1.61. The number of nitrogens with zero attached hydrogens (tertiary/aromatic N) is 1. The number of benzene rings is 2. The van der Waals surface area contributed by atoms with E-state index >= 15 is 0 Å². The van der Waals surface area contributed by atoms with E-state index in [4.69, 9.17) is 10.00 Å². The van der Waals surface area contributed by atoms with Crippen LogP contribution in [0.15, 0.2) is 48.5 Å². The second-order valence-electron chi connectivity index (χ2n) is 5.27. The highest BCUT2D eigenvalue weighted by Gasteiger charge is 2.13. The van der Waals surface area contributed by atoms with Crippen LogP contribution in [0.2, 0.25) is 0 Å². The number of Topliss-reactive ketones (excluding diaryl/α,β-unsaturated/α-hetero) is 1. The lowest BCUT2D eigenvalue weighted by Gasteiger charge is -2.05. The standard InChI is InChI=1S/C19H18N2O3/c1-24-17-11-7-14(8-12-17)3-2-4-18(22)19(23)21-16-9-5-15(13-20)6-10-16/h5-12H,2-4H2,1H3,(H,21,23). The largest absolute Gasteiger partial charge is 0.497 e. The summed E-state index contributed by atoms with van der Waals surface area (Å²) in [5, 5.41) is 11.3. The van der Waals surface area contributed by atoms with Gasteiger partial charge in [-0.3, -0.25) is 9.59 Å². The van der Waals surface area contributed by atoms with Crippen molar-refractivity contribution < 1.29 is 14.3 Å². The Balaban J connectivity index is 1.78. The number of aryl methyl sites for hydroxylation is 1. The van der Waals surface area contributed by atoms with Gasteiger partial charge in [0.2, 0.25) is 5.78 Å². The summed E-state index contributed by atoms with van der Waals surface area (Å²) in [6.07, 6.45) is 1.51. The summed E-state index contributed by atoms with van der Waals surface area (Å²) in [5.41, 5.74) is 2.09. The number of hydrogen-bond acceptors (Lipinski definition) is 4. The summed E-state index contributed by atoms with van der Waals surface area (Å²) < 4.78 is 5.09. The second-order valence-corrected chi connectivity index (χ2v) is 5.27. The van der Waals surface area contributed by atoms with Gasteiger partial charge in [0, 0.05) is 12.1 Å². The number of ether oxygens (including phenoxy) is 1. The van der Waals surface area contributed by atoms with Gasteiger partial charge in [-0.05, 0) is 54.8 Å². The van der Waals surface area contributed by atoms with Gasteiger partial charge in [0.1, 0.15) is 5.75 Å². The molecule has 0 unspecified atom stereocenters. The molecule has 2 aromatic rings. The van der Waals surface area contributed by atoms with Crippen molar-refractivity contribution >= 4 is 17.4 Å². The Morgan fingerprint density at radius 2 is 1.75 bits per heavy atom. The van der Waals surface area contributed by atoms with E-state index in [1.54, 1.807) is 31.4 Å². The van der Waals surface area contributed by atoms with Gasteiger partial charge in [0.15, 0.2) is 0 Å². The monoisotopic (exact) mass is 322 g/mol. The Kier molecular flexibility index (Phi) is 6.09. The topological polar surface area (TPSA) is 79.2 Å². The van der Waals surface area contributed by atoms with Crippen molar-refractivity contribution in [3.63, 3.8) is 0 Å². The summed E-state index contributed by atoms with van der Waals surface area (Å²) in [6.45, 7) is 0. The number of carbonyl (C=O) groups excluding carboxylic acids is 2. The number of carbonyl (C=O) groups is 2. The average Bonchev–Trinajstić information content (AvgIpc) is 2.62. The summed E-state index contributed by atoms with van der Waals surface area (Å²) in [6, 6.07) is 16.0. The quantitative estimate of drug-likeness (QED) is 0.794. The molecule has 0 saturated heterocycles. The maximum atomic E-state index is 11.9. The van der Waals surface area contributed by atoms with Crippen LogP contribution in [0.1, 0.15) is 24.0 Å². The Bertz CT molecular complexity index is 744. The lowest BCUT2D eigenvalue weighted by atomic mass is 10.1. The van der Waals surface area contributed by atoms with E-state index in [-0.39, 0.29) is 6.42 Å². The molecule has 0 aliphatic rings. The Morgan fingerprint density at radius 3 is 2.33 bits per heavy atom. The number of amides is 1. The molecule has 2 rings (SSSR count). The maximum absolute atomic E-state index is 11.9. The van der Waals surface area contributed by atoms with Gasteiger partial charge in [0.25, 0.3) is 5.91 Å². The molecule has 1 amide bonds. The molecule has 0 bridgehead atoms. The molecule has 0 spiro atoms. The van der Waals surface area contributed by atoms with Crippen LogP contribution < -0.4 is 10.1 Å². The summed E-state index contributed by atoms with van der Waals surface area (Å²) >= 11 is 0. The molecule has 0 aliphatic heterocycles. The van der Waals surface area contributed by atoms with Crippen molar-refractivity contribution in [3.05, 3.63) is 59.7 Å². The zero-order valence-corrected chi connectivity index (χ0v) is 13.4. The van der Waals surface area contributed by atoms with Crippen LogP contribution in [-0.4, -0.2) is 18.8 Å². The molecule has 0 fully saturated rings. The number of ketones is 1. The smallest absolute Gasteiger partial charge is 0.291 e. The van der Waals surface area contributed by atoms with E-state index in [0.717, 1.165) is 17.7 Å². The van der Waals surface area contributed by atoms with Gasteiger partial charge in [-0.2, -0.15) is 5.26 Å². The third kappa shape index (κ3) is 4.96. The van der Waals surface area contributed by atoms with Crippen molar-refractivity contribution in [2.75, 3.05) is 12.4 Å². The van der Waals surface area contributed by atoms with Crippen molar-refractivity contribution in [1.29, 1.82) is 5.26 Å². The van der Waals surface area contributed by atoms with E-state index in [1.165, 1.54) is 0 Å². The SMILES string of the molecule is COc1ccc(CCCC(=O)C(=O)Nc2ccc(C#N)cc2)cc1. The van der Waals surface area contributed by atoms with Gasteiger partial charge in [-0.1, -0.05) is 12.1 Å². The van der Waals surface area contributed by atoms with Crippen LogP contribution in [-0.2, 0) is 16.0 Å². The highest BCUT2D eigenvalue weighted by atomic mass is 16.5. The predicted molar refractivity (Wildman–Crippen MR) is 90.7 cm³/mol. The predicted octanol–water partition coefficient (Wildman–Crippen LogP) is 3.10. The zero-order chi connectivity index (χ0) is 17.4. The molecule has 24 heavy (non-hydrogen) atoms. The van der Waals surface area contributed by atoms with Gasteiger partial charge < -0.3 is 10.1 Å². The van der Waals surface area contributed by atoms with Crippen molar-refractivity contribution in [2.24, 2.45) is 0 Å². The average molecular weight is 322 g/mol. The van der Waals surface area contributed by atoms with E-state index in [9.17, 15) is 9.59 Å². The van der Waals surface area contributed by atoms with E-state index < -0.39 is 11.7 Å². The highest BCUT2D eigenvalue weighted by molar-refractivity contribution is 6.40. The van der Waals surface area contributed by atoms with Crippen molar-refractivity contribution in [1.82, 2.24) is 0 Å². The maximum Gasteiger partial charge on any atom is 0.291 e. The number of hydrogen-bond donors (Lipinski definition) is 1. The summed E-state index contributed by atoms with van der Waals surface area (Å²) in [4.78, 5) is 23.7. The lowest BCUT2D eigenvalue weighted by Crippen LogP contribution is -2.22. The minimum Gasteiger partial charge on any atom is -0.497 e. The second kappa shape index (κ2) is 8.49. The molecule has 122 valence electrons. The lowest BCUT2D eigenvalue weighted by molar-refractivity contribution is -0.134. The molecule has 0 radical (unpaired) electrons. The first-order chi connectivity index (χ1) is 11.6. The van der Waals surface area contributed by atoms with Gasteiger partial charge >= 0.3 is 0 Å². The number of methoxy groups -OCH3 is 1. The fourth-order valence-electron chi connectivity index (χ4n) is 2.19. The Labute approximate surface area is 140 Å². The van der Waals surface area contributed by atoms with Crippen LogP contribution in [0.25, 0.3) is 0 Å². The Morgan fingerprint density at radius 1 is 1.08 bits per heavy atom. The first-order valence-electron chi connectivity index (χ1n) is 7.59. The number of nitrogens with one attached hydrogen (secondary N) is 1. The third-order valence-electron chi connectivity index (χ3n) is 3.55. The van der Waals surface area contributed by atoms with Crippen molar-refractivity contribution in [3.8, 4) is 11.8 Å². The fraction of sp³-hybridized carbons (Fsp3) is 0.211. The molecule has 5 nitrogen and oxygen atoms in total. The Hall–Kier alpha value is -3.13. The number of rotatable bonds is 7. The zero-order valence-electron chi connectivity index (χ0n) is 13.4. The molecule has 0 aliphatic carbocycles. The summed E-state index contributed by atoms with van der Waals surface area (Å²) in [5.74, 6) is -0.293. The van der Waals surface area contributed by atoms with Crippen molar-refractivity contribution in [2.45, 2.75) is 19.3 Å². The van der Waals surface area contributed by atoms with E-state index in [0.29, 0.717) is 17.7 Å². The van der Waals surface area contributed by atoms with Crippen LogP contribution >= 0.6 is 0 Å².